The molecule has 10 nitrogen and oxygen atoms in total. The number of anilines is 2. The van der Waals surface area contributed by atoms with Crippen molar-refractivity contribution < 1.29 is 9.47 Å². The van der Waals surface area contributed by atoms with Crippen molar-refractivity contribution in [2.45, 2.75) is 13.8 Å². The van der Waals surface area contributed by atoms with Gasteiger partial charge in [-0.2, -0.15) is 10.2 Å². The van der Waals surface area contributed by atoms with Crippen LogP contribution in [0.3, 0.4) is 0 Å². The minimum Gasteiger partial charge on any atom is -0.457 e. The van der Waals surface area contributed by atoms with E-state index in [1.165, 1.54) is 12.7 Å². The predicted molar refractivity (Wildman–Crippen MR) is 136 cm³/mol. The summed E-state index contributed by atoms with van der Waals surface area (Å²) in [4.78, 5) is 8.38. The summed E-state index contributed by atoms with van der Waals surface area (Å²) in [6.45, 7) is 4.01. The van der Waals surface area contributed by atoms with E-state index in [2.05, 4.69) is 31.0 Å². The molecule has 0 aliphatic rings. The molecule has 178 valence electrons. The van der Waals surface area contributed by atoms with Gasteiger partial charge in [0.15, 0.2) is 11.3 Å². The third-order valence-electron chi connectivity index (χ3n) is 5.66. The maximum atomic E-state index is 6.05. The Hall–Kier alpha value is -5.12. The zero-order valence-electron chi connectivity index (χ0n) is 19.6. The molecule has 6 aromatic rings. The van der Waals surface area contributed by atoms with E-state index in [0.29, 0.717) is 11.5 Å². The van der Waals surface area contributed by atoms with E-state index >= 15 is 0 Å². The van der Waals surface area contributed by atoms with Gasteiger partial charge in [-0.3, -0.25) is 0 Å². The van der Waals surface area contributed by atoms with Crippen LogP contribution in [0.2, 0.25) is 0 Å². The summed E-state index contributed by atoms with van der Waals surface area (Å²) < 4.78 is 15.5. The summed E-state index contributed by atoms with van der Waals surface area (Å²) in [5, 5.41) is 8.20. The molecule has 2 aromatic carbocycles. The van der Waals surface area contributed by atoms with E-state index < -0.39 is 0 Å². The van der Waals surface area contributed by atoms with Crippen LogP contribution in [0.1, 0.15) is 11.1 Å². The highest BCUT2D eigenvalue weighted by molar-refractivity contribution is 5.59. The first-order valence-corrected chi connectivity index (χ1v) is 11.3. The standard InChI is InChI=1S/C26H22N8O2/c1-17-11-19(3-5-23(17)35-21-7-9-33-25(13-21)27-15-29-33)31-32-20-4-6-24(18(2)12-20)36-22-8-10-34-26(14-22)28-16-30-34/h3-16,31-32H,1-2H3. The van der Waals surface area contributed by atoms with Crippen LogP contribution in [-0.4, -0.2) is 29.2 Å². The number of nitrogens with zero attached hydrogens (tertiary/aromatic N) is 6. The molecular weight excluding hydrogens is 456 g/mol. The van der Waals surface area contributed by atoms with Crippen LogP contribution >= 0.6 is 0 Å². The molecule has 0 fully saturated rings. The number of hydrazine groups is 1. The largest absolute Gasteiger partial charge is 0.457 e. The highest BCUT2D eigenvalue weighted by Crippen LogP contribution is 2.29. The zero-order chi connectivity index (χ0) is 24.5. The minimum absolute atomic E-state index is 0.705. The Bertz CT molecular complexity index is 1570. The Morgan fingerprint density at radius 2 is 1.08 bits per heavy atom. The maximum absolute atomic E-state index is 6.05. The molecular formula is C26H22N8O2. The average molecular weight is 479 g/mol. The number of fused-ring (bicyclic) bond motifs is 2. The van der Waals surface area contributed by atoms with E-state index in [9.17, 15) is 0 Å². The van der Waals surface area contributed by atoms with Crippen molar-refractivity contribution in [3.8, 4) is 23.0 Å². The van der Waals surface area contributed by atoms with Crippen LogP contribution in [0.15, 0.2) is 85.7 Å². The van der Waals surface area contributed by atoms with Gasteiger partial charge < -0.3 is 20.3 Å². The van der Waals surface area contributed by atoms with Crippen LogP contribution in [0, 0.1) is 13.8 Å². The zero-order valence-corrected chi connectivity index (χ0v) is 19.6. The maximum Gasteiger partial charge on any atom is 0.158 e. The highest BCUT2D eigenvalue weighted by atomic mass is 16.5. The first kappa shape index (κ1) is 21.4. The van der Waals surface area contributed by atoms with Gasteiger partial charge in [-0.15, -0.1) is 0 Å². The number of benzene rings is 2. The SMILES string of the molecule is Cc1cc(NNc2ccc(Oc3ccn4ncnc4c3)c(C)c2)ccc1Oc1ccn2ncnc2c1. The van der Waals surface area contributed by atoms with Crippen molar-refractivity contribution in [3.05, 3.63) is 96.8 Å². The summed E-state index contributed by atoms with van der Waals surface area (Å²) in [5.74, 6) is 2.95. The van der Waals surface area contributed by atoms with Gasteiger partial charge in [-0.05, 0) is 73.5 Å². The Kier molecular flexibility index (Phi) is 5.30. The second kappa shape index (κ2) is 8.91. The second-order valence-electron chi connectivity index (χ2n) is 8.27. The Morgan fingerprint density at radius 1 is 0.611 bits per heavy atom. The molecule has 0 saturated heterocycles. The predicted octanol–water partition coefficient (Wildman–Crippen LogP) is 5.41. The molecule has 0 bridgehead atoms. The average Bonchev–Trinajstić information content (AvgIpc) is 3.54. The van der Waals surface area contributed by atoms with E-state index in [4.69, 9.17) is 9.47 Å². The van der Waals surface area contributed by atoms with Crippen LogP contribution in [0.4, 0.5) is 11.4 Å². The smallest absolute Gasteiger partial charge is 0.158 e. The molecule has 2 N–H and O–H groups in total. The molecule has 0 aliphatic carbocycles. The quantitative estimate of drug-likeness (QED) is 0.294. The fourth-order valence-electron chi connectivity index (χ4n) is 3.80. The molecule has 36 heavy (non-hydrogen) atoms. The van der Waals surface area contributed by atoms with Crippen LogP contribution in [0.5, 0.6) is 23.0 Å². The van der Waals surface area contributed by atoms with Crippen LogP contribution < -0.4 is 20.3 Å². The third kappa shape index (κ3) is 4.34. The van der Waals surface area contributed by atoms with Gasteiger partial charge in [0.05, 0.1) is 11.4 Å². The van der Waals surface area contributed by atoms with Gasteiger partial charge in [-0.25, -0.2) is 19.0 Å². The van der Waals surface area contributed by atoms with Crippen molar-refractivity contribution in [1.29, 1.82) is 0 Å². The first-order valence-electron chi connectivity index (χ1n) is 11.3. The number of nitrogens with one attached hydrogen (secondary N) is 2. The summed E-state index contributed by atoms with van der Waals surface area (Å²) in [6.07, 6.45) is 6.67. The summed E-state index contributed by atoms with van der Waals surface area (Å²) in [7, 11) is 0. The van der Waals surface area contributed by atoms with Crippen molar-refractivity contribution in [1.82, 2.24) is 29.2 Å². The van der Waals surface area contributed by atoms with Gasteiger partial charge in [0, 0.05) is 24.5 Å². The monoisotopic (exact) mass is 478 g/mol. The van der Waals surface area contributed by atoms with Gasteiger partial charge in [-0.1, -0.05) is 0 Å². The van der Waals surface area contributed by atoms with Gasteiger partial charge in [0.2, 0.25) is 0 Å². The summed E-state index contributed by atoms with van der Waals surface area (Å²) >= 11 is 0. The molecule has 4 heterocycles. The number of ether oxygens (including phenoxy) is 2. The van der Waals surface area contributed by atoms with Crippen molar-refractivity contribution in [3.63, 3.8) is 0 Å². The van der Waals surface area contributed by atoms with Gasteiger partial charge in [0.25, 0.3) is 0 Å². The molecule has 0 saturated carbocycles. The second-order valence-corrected chi connectivity index (χ2v) is 8.27. The van der Waals surface area contributed by atoms with Crippen molar-refractivity contribution in [2.24, 2.45) is 0 Å². The fourth-order valence-corrected chi connectivity index (χ4v) is 3.80. The molecule has 0 radical (unpaired) electrons. The van der Waals surface area contributed by atoms with E-state index in [0.717, 1.165) is 45.3 Å². The van der Waals surface area contributed by atoms with E-state index in [-0.39, 0.29) is 0 Å². The molecule has 4 aromatic heterocycles. The molecule has 0 atom stereocenters. The number of hydrogen-bond donors (Lipinski definition) is 2. The Morgan fingerprint density at radius 3 is 1.53 bits per heavy atom. The molecule has 0 amide bonds. The number of rotatable bonds is 7. The van der Waals surface area contributed by atoms with Gasteiger partial charge in [0.1, 0.15) is 35.7 Å². The number of aromatic nitrogens is 6. The summed E-state index contributed by atoms with van der Waals surface area (Å²) in [6, 6.07) is 19.2. The normalized spacial score (nSPS) is 11.1. The van der Waals surface area contributed by atoms with Crippen molar-refractivity contribution >= 4 is 22.7 Å². The summed E-state index contributed by atoms with van der Waals surface area (Å²) in [5.41, 5.74) is 11.8. The first-order chi connectivity index (χ1) is 17.6. The highest BCUT2D eigenvalue weighted by Gasteiger charge is 2.07. The van der Waals surface area contributed by atoms with Crippen molar-refractivity contribution in [2.75, 3.05) is 10.9 Å². The lowest BCUT2D eigenvalue weighted by Gasteiger charge is -2.15. The third-order valence-corrected chi connectivity index (χ3v) is 5.66. The Labute approximate surface area is 206 Å². The van der Waals surface area contributed by atoms with Crippen LogP contribution in [0.25, 0.3) is 11.3 Å². The minimum atomic E-state index is 0.705. The fraction of sp³-hybridized carbons (Fsp3) is 0.0769. The van der Waals surface area contributed by atoms with E-state index in [1.54, 1.807) is 9.03 Å². The number of aryl methyl sites for hydroxylation is 2. The van der Waals surface area contributed by atoms with Crippen LogP contribution in [-0.2, 0) is 0 Å². The number of hydrogen-bond acceptors (Lipinski definition) is 8. The molecule has 0 unspecified atom stereocenters. The molecule has 6 rings (SSSR count). The number of pyridine rings is 2. The van der Waals surface area contributed by atoms with E-state index in [1.807, 2.05) is 86.9 Å². The van der Waals surface area contributed by atoms with Gasteiger partial charge >= 0.3 is 0 Å². The lowest BCUT2D eigenvalue weighted by Crippen LogP contribution is -2.09. The lowest BCUT2D eigenvalue weighted by molar-refractivity contribution is 0.478. The lowest BCUT2D eigenvalue weighted by atomic mass is 10.2. The molecule has 0 aliphatic heterocycles. The topological polar surface area (TPSA) is 103 Å². The molecule has 10 heteroatoms. The Balaban J connectivity index is 1.10. The molecule has 0 spiro atoms.